The number of nitrogens with zero attached hydrogens (tertiary/aromatic N) is 1. The molecule has 0 saturated carbocycles. The zero-order chi connectivity index (χ0) is 26.5. The summed E-state index contributed by atoms with van der Waals surface area (Å²) in [6.45, 7) is 4.85. The van der Waals surface area contributed by atoms with Gasteiger partial charge in [-0.15, -0.1) is 11.8 Å². The maximum atomic E-state index is 13.3. The fraction of sp³-hybridized carbons (Fsp3) is 0.360. The minimum Gasteiger partial charge on any atom is -0.545 e. The van der Waals surface area contributed by atoms with Crippen molar-refractivity contribution in [2.24, 2.45) is 0 Å². The number of rotatable bonds is 7. The number of ether oxygens (including phenoxy) is 2. The molecule has 1 heterocycles. The number of hydrogen-bond donors (Lipinski definition) is 2. The van der Waals surface area contributed by atoms with Crippen molar-refractivity contribution >= 4 is 41.3 Å². The van der Waals surface area contributed by atoms with Crippen LogP contribution < -0.4 is 20.5 Å². The smallest absolute Gasteiger partial charge is 0.330 e. The molecule has 2 aromatic rings. The van der Waals surface area contributed by atoms with Gasteiger partial charge in [0.1, 0.15) is 22.8 Å². The van der Waals surface area contributed by atoms with E-state index in [1.807, 2.05) is 6.07 Å². The maximum absolute atomic E-state index is 13.3. The highest BCUT2D eigenvalue weighted by Gasteiger charge is 2.44. The lowest BCUT2D eigenvalue weighted by Crippen LogP contribution is -2.49. The summed E-state index contributed by atoms with van der Waals surface area (Å²) >= 11 is 1.41. The van der Waals surface area contributed by atoms with Crippen molar-refractivity contribution < 1.29 is 33.8 Å². The molecular formula is C25H28N3O7S-. The SMILES string of the molecule is COc1cccc(C2SCC(C(=O)OC(C)(C)C)N2C(=O)CNC(=O)Nc2cccc(C(=O)[O-])c2)c1. The lowest BCUT2D eigenvalue weighted by molar-refractivity contribution is -0.255. The van der Waals surface area contributed by atoms with E-state index in [1.165, 1.54) is 40.9 Å². The summed E-state index contributed by atoms with van der Waals surface area (Å²) in [7, 11) is 1.54. The number of carboxylic acids is 1. The fourth-order valence-corrected chi connectivity index (χ4v) is 4.99. The molecule has 1 aliphatic heterocycles. The Bertz CT molecular complexity index is 1150. The predicted octanol–water partition coefficient (Wildman–Crippen LogP) is 2.16. The first-order chi connectivity index (χ1) is 17.0. The minimum absolute atomic E-state index is 0.0979. The maximum Gasteiger partial charge on any atom is 0.330 e. The van der Waals surface area contributed by atoms with Crippen molar-refractivity contribution in [1.29, 1.82) is 0 Å². The lowest BCUT2D eigenvalue weighted by atomic mass is 10.1. The van der Waals surface area contributed by atoms with E-state index < -0.39 is 47.4 Å². The number of anilines is 1. The minimum atomic E-state index is -1.38. The molecule has 192 valence electrons. The topological polar surface area (TPSA) is 137 Å². The summed E-state index contributed by atoms with van der Waals surface area (Å²) in [4.78, 5) is 51.1. The summed E-state index contributed by atoms with van der Waals surface area (Å²) in [6, 6.07) is 11.2. The van der Waals surface area contributed by atoms with Gasteiger partial charge in [0, 0.05) is 11.4 Å². The van der Waals surface area contributed by atoms with E-state index in [2.05, 4.69) is 10.6 Å². The lowest BCUT2D eigenvalue weighted by Gasteiger charge is -2.30. The van der Waals surface area contributed by atoms with Gasteiger partial charge in [-0.2, -0.15) is 0 Å². The number of amides is 3. The molecule has 36 heavy (non-hydrogen) atoms. The molecule has 0 aliphatic carbocycles. The molecule has 1 aliphatic rings. The van der Waals surface area contributed by atoms with Gasteiger partial charge in [0.05, 0.1) is 19.6 Å². The van der Waals surface area contributed by atoms with Crippen LogP contribution in [0.25, 0.3) is 0 Å². The summed E-state index contributed by atoms with van der Waals surface area (Å²) in [6.07, 6.45) is 0. The molecule has 3 rings (SSSR count). The molecule has 2 aromatic carbocycles. The van der Waals surface area contributed by atoms with E-state index in [0.717, 1.165) is 5.56 Å². The Balaban J connectivity index is 1.75. The molecule has 1 saturated heterocycles. The Kier molecular flexibility index (Phi) is 8.46. The molecule has 11 heteroatoms. The van der Waals surface area contributed by atoms with Crippen LogP contribution in [0.2, 0.25) is 0 Å². The second-order valence-electron chi connectivity index (χ2n) is 8.99. The zero-order valence-electron chi connectivity index (χ0n) is 20.4. The Hall–Kier alpha value is -3.73. The highest BCUT2D eigenvalue weighted by atomic mass is 32.2. The van der Waals surface area contributed by atoms with E-state index in [-0.39, 0.29) is 11.3 Å². The van der Waals surface area contributed by atoms with Crippen molar-refractivity contribution in [3.8, 4) is 5.75 Å². The van der Waals surface area contributed by atoms with Crippen LogP contribution in [0.4, 0.5) is 10.5 Å². The number of carbonyl (C=O) groups excluding carboxylic acids is 4. The van der Waals surface area contributed by atoms with Gasteiger partial charge in [-0.25, -0.2) is 9.59 Å². The van der Waals surface area contributed by atoms with Crippen molar-refractivity contribution in [3.63, 3.8) is 0 Å². The van der Waals surface area contributed by atoms with E-state index in [0.29, 0.717) is 11.5 Å². The second-order valence-corrected chi connectivity index (χ2v) is 10.1. The molecule has 0 aromatic heterocycles. The first kappa shape index (κ1) is 26.9. The van der Waals surface area contributed by atoms with Crippen LogP contribution in [0.3, 0.4) is 0 Å². The average molecular weight is 515 g/mol. The largest absolute Gasteiger partial charge is 0.545 e. The third-order valence-electron chi connectivity index (χ3n) is 5.10. The van der Waals surface area contributed by atoms with Gasteiger partial charge in [0.25, 0.3) is 0 Å². The standard InChI is InChI=1S/C25H29N3O7S/c1-25(2,3)35-23(32)19-14-36-21(15-7-6-10-18(12-15)34-4)28(19)20(29)13-26-24(33)27-17-9-5-8-16(11-17)22(30)31/h5-12,19,21H,13-14H2,1-4H3,(H,30,31)(H2,26,27,33)/p-1. The number of benzene rings is 2. The predicted molar refractivity (Wildman–Crippen MR) is 132 cm³/mol. The van der Waals surface area contributed by atoms with Gasteiger partial charge in [-0.05, 0) is 56.2 Å². The molecule has 2 atom stereocenters. The van der Waals surface area contributed by atoms with Crippen LogP contribution >= 0.6 is 11.8 Å². The normalized spacial score (nSPS) is 17.3. The number of thioether (sulfide) groups is 1. The van der Waals surface area contributed by atoms with E-state index >= 15 is 0 Å². The monoisotopic (exact) mass is 514 g/mol. The Morgan fingerprint density at radius 1 is 1.11 bits per heavy atom. The number of methoxy groups -OCH3 is 1. The summed E-state index contributed by atoms with van der Waals surface area (Å²) in [5, 5.41) is 15.5. The van der Waals surface area contributed by atoms with Crippen molar-refractivity contribution in [3.05, 3.63) is 59.7 Å². The van der Waals surface area contributed by atoms with Crippen LogP contribution in [0.5, 0.6) is 5.75 Å². The number of carboxylic acid groups (broad SMARTS) is 1. The molecule has 1 fully saturated rings. The number of aromatic carboxylic acids is 1. The van der Waals surface area contributed by atoms with Crippen LogP contribution in [-0.4, -0.2) is 59.8 Å². The molecular weight excluding hydrogens is 486 g/mol. The van der Waals surface area contributed by atoms with Gasteiger partial charge in [-0.3, -0.25) is 4.79 Å². The summed E-state index contributed by atoms with van der Waals surface area (Å²) < 4.78 is 10.8. The van der Waals surface area contributed by atoms with Gasteiger partial charge in [-0.1, -0.05) is 24.3 Å². The first-order valence-corrected chi connectivity index (χ1v) is 12.2. The molecule has 0 bridgehead atoms. The third-order valence-corrected chi connectivity index (χ3v) is 6.43. The average Bonchev–Trinajstić information content (AvgIpc) is 3.27. The Morgan fingerprint density at radius 3 is 2.50 bits per heavy atom. The summed E-state index contributed by atoms with van der Waals surface area (Å²) in [5.74, 6) is -1.46. The zero-order valence-corrected chi connectivity index (χ0v) is 21.2. The second kappa shape index (κ2) is 11.3. The highest BCUT2D eigenvalue weighted by Crippen LogP contribution is 2.42. The number of nitrogens with one attached hydrogen (secondary N) is 2. The molecule has 10 nitrogen and oxygen atoms in total. The van der Waals surface area contributed by atoms with Crippen LogP contribution in [-0.2, 0) is 14.3 Å². The third kappa shape index (κ3) is 6.91. The van der Waals surface area contributed by atoms with E-state index in [1.54, 1.807) is 46.1 Å². The summed E-state index contributed by atoms with van der Waals surface area (Å²) in [5.41, 5.74) is 0.156. The highest BCUT2D eigenvalue weighted by molar-refractivity contribution is 7.99. The van der Waals surface area contributed by atoms with Crippen LogP contribution in [0, 0.1) is 0 Å². The quantitative estimate of drug-likeness (QED) is 0.537. The van der Waals surface area contributed by atoms with Crippen molar-refractivity contribution in [2.45, 2.75) is 37.8 Å². The van der Waals surface area contributed by atoms with Crippen molar-refractivity contribution in [2.75, 3.05) is 24.7 Å². The molecule has 2 unspecified atom stereocenters. The molecule has 0 spiro atoms. The van der Waals surface area contributed by atoms with Crippen molar-refractivity contribution in [1.82, 2.24) is 10.2 Å². The molecule has 0 radical (unpaired) electrons. The van der Waals surface area contributed by atoms with Gasteiger partial charge in [0.15, 0.2) is 0 Å². The number of esters is 1. The van der Waals surface area contributed by atoms with Crippen LogP contribution in [0.1, 0.15) is 42.1 Å². The van der Waals surface area contributed by atoms with Gasteiger partial charge >= 0.3 is 12.0 Å². The molecule has 3 amide bonds. The van der Waals surface area contributed by atoms with Crippen LogP contribution in [0.15, 0.2) is 48.5 Å². The Morgan fingerprint density at radius 2 is 1.83 bits per heavy atom. The van der Waals surface area contributed by atoms with Gasteiger partial charge < -0.3 is 34.9 Å². The first-order valence-electron chi connectivity index (χ1n) is 11.1. The van der Waals surface area contributed by atoms with E-state index in [9.17, 15) is 24.3 Å². The number of hydrogen-bond acceptors (Lipinski definition) is 8. The van der Waals surface area contributed by atoms with E-state index in [4.69, 9.17) is 9.47 Å². The molecule has 2 N–H and O–H groups in total. The Labute approximate surface area is 213 Å². The van der Waals surface area contributed by atoms with Gasteiger partial charge in [0.2, 0.25) is 5.91 Å². The fourth-order valence-electron chi connectivity index (χ4n) is 3.56. The number of carbonyl (C=O) groups is 4. The number of urea groups is 1.